The van der Waals surface area contributed by atoms with Crippen molar-refractivity contribution >= 4 is 17.3 Å². The molecule has 0 atom stereocenters. The molecule has 0 spiro atoms. The van der Waals surface area contributed by atoms with Crippen molar-refractivity contribution in [1.29, 1.82) is 0 Å². The van der Waals surface area contributed by atoms with E-state index in [9.17, 15) is 4.79 Å². The van der Waals surface area contributed by atoms with E-state index in [1.54, 1.807) is 23.1 Å². The first-order valence-electron chi connectivity index (χ1n) is 7.78. The monoisotopic (exact) mass is 332 g/mol. The average molecular weight is 333 g/mol. The maximum Gasteiger partial charge on any atom is 0.266 e. The molecule has 0 radical (unpaired) electrons. The summed E-state index contributed by atoms with van der Waals surface area (Å²) in [5, 5.41) is 5.19. The fourth-order valence-electron chi connectivity index (χ4n) is 2.73. The Morgan fingerprint density at radius 2 is 2.00 bits per heavy atom. The van der Waals surface area contributed by atoms with Gasteiger partial charge < -0.3 is 4.90 Å². The molecular weight excluding hydrogens is 312 g/mol. The number of anilines is 1. The van der Waals surface area contributed by atoms with Gasteiger partial charge in [-0.15, -0.1) is 0 Å². The average Bonchev–Trinajstić information content (AvgIpc) is 2.44. The quantitative estimate of drug-likeness (QED) is 0.867. The van der Waals surface area contributed by atoms with Gasteiger partial charge in [0.1, 0.15) is 0 Å². The Bertz CT molecular complexity index is 760. The summed E-state index contributed by atoms with van der Waals surface area (Å²) < 4.78 is 1.59. The molecular formula is C17H21ClN4O. The lowest BCUT2D eigenvalue weighted by Gasteiger charge is -2.41. The molecule has 2 aromatic rings. The molecule has 3 heterocycles. The number of rotatable bonds is 3. The zero-order valence-corrected chi connectivity index (χ0v) is 14.4. The van der Waals surface area contributed by atoms with Crippen LogP contribution >= 0.6 is 11.6 Å². The highest BCUT2D eigenvalue weighted by Gasteiger charge is 2.29. The van der Waals surface area contributed by atoms with Gasteiger partial charge in [0.2, 0.25) is 0 Å². The number of aromatic nitrogens is 3. The van der Waals surface area contributed by atoms with Crippen molar-refractivity contribution in [3.8, 4) is 0 Å². The Labute approximate surface area is 140 Å². The molecule has 3 rings (SSSR count). The lowest BCUT2D eigenvalue weighted by atomic mass is 9.92. The summed E-state index contributed by atoms with van der Waals surface area (Å²) in [5.41, 5.74) is 1.83. The van der Waals surface area contributed by atoms with Crippen molar-refractivity contribution < 1.29 is 0 Å². The molecule has 0 saturated carbocycles. The Morgan fingerprint density at radius 3 is 2.65 bits per heavy atom. The van der Waals surface area contributed by atoms with Gasteiger partial charge in [0.05, 0.1) is 22.9 Å². The van der Waals surface area contributed by atoms with Crippen LogP contribution in [0.3, 0.4) is 0 Å². The number of hydrogen-bond donors (Lipinski definition) is 0. The Kier molecular flexibility index (Phi) is 4.15. The first-order chi connectivity index (χ1) is 10.8. The number of halogens is 1. The van der Waals surface area contributed by atoms with Gasteiger partial charge in [-0.3, -0.25) is 9.78 Å². The molecule has 0 unspecified atom stereocenters. The van der Waals surface area contributed by atoms with E-state index in [1.807, 2.05) is 12.1 Å². The maximum absolute atomic E-state index is 12.0. The van der Waals surface area contributed by atoms with E-state index in [0.717, 1.165) is 24.5 Å². The van der Waals surface area contributed by atoms with E-state index in [1.165, 1.54) is 0 Å². The summed E-state index contributed by atoms with van der Waals surface area (Å²) in [5.74, 6) is 0.402. The minimum atomic E-state index is -0.0638. The van der Waals surface area contributed by atoms with Gasteiger partial charge in [-0.25, -0.2) is 4.68 Å². The first kappa shape index (κ1) is 16.0. The minimum Gasteiger partial charge on any atom is -0.369 e. The second-order valence-electron chi connectivity index (χ2n) is 7.09. The van der Waals surface area contributed by atoms with E-state index >= 15 is 0 Å². The molecule has 2 aromatic heterocycles. The van der Waals surface area contributed by atoms with Crippen molar-refractivity contribution in [2.24, 2.45) is 5.92 Å². The molecule has 0 amide bonds. The molecule has 0 N–H and O–H groups in total. The highest BCUT2D eigenvalue weighted by molar-refractivity contribution is 6.33. The van der Waals surface area contributed by atoms with Gasteiger partial charge >= 0.3 is 0 Å². The third kappa shape index (κ3) is 3.39. The molecule has 0 bridgehead atoms. The zero-order chi connectivity index (χ0) is 16.6. The maximum atomic E-state index is 12.0. The van der Waals surface area contributed by atoms with Crippen molar-refractivity contribution in [1.82, 2.24) is 14.8 Å². The van der Waals surface area contributed by atoms with E-state index in [-0.39, 0.29) is 11.0 Å². The van der Waals surface area contributed by atoms with Crippen LogP contribution in [0.2, 0.25) is 5.02 Å². The zero-order valence-electron chi connectivity index (χ0n) is 13.7. The van der Waals surface area contributed by atoms with Crippen molar-refractivity contribution in [3.63, 3.8) is 0 Å². The normalized spacial score (nSPS) is 15.6. The van der Waals surface area contributed by atoms with Gasteiger partial charge in [-0.2, -0.15) is 5.10 Å². The fraction of sp³-hybridized carbons (Fsp3) is 0.471. The third-order valence-electron chi connectivity index (χ3n) is 4.12. The van der Waals surface area contributed by atoms with Crippen LogP contribution in [0.5, 0.6) is 0 Å². The van der Waals surface area contributed by atoms with Crippen LogP contribution < -0.4 is 10.5 Å². The number of pyridine rings is 1. The lowest BCUT2D eigenvalue weighted by molar-refractivity contribution is 0.329. The predicted molar refractivity (Wildman–Crippen MR) is 92.1 cm³/mol. The van der Waals surface area contributed by atoms with Gasteiger partial charge in [-0.05, 0) is 12.1 Å². The first-order valence-corrected chi connectivity index (χ1v) is 8.15. The molecule has 1 aliphatic heterocycles. The smallest absolute Gasteiger partial charge is 0.266 e. The number of nitrogens with zero attached hydrogens (tertiary/aromatic N) is 4. The lowest BCUT2D eigenvalue weighted by Crippen LogP contribution is -2.50. The molecule has 5 nitrogen and oxygen atoms in total. The van der Waals surface area contributed by atoms with Crippen LogP contribution in [0.4, 0.5) is 5.69 Å². The SMILES string of the molecule is CC(C)(C)c1ccc(=O)n(CC2CN(c3ccncc3Cl)C2)n1. The highest BCUT2D eigenvalue weighted by Crippen LogP contribution is 2.30. The topological polar surface area (TPSA) is 51.0 Å². The van der Waals surface area contributed by atoms with Gasteiger partial charge in [0.15, 0.2) is 0 Å². The van der Waals surface area contributed by atoms with Crippen LogP contribution in [0.25, 0.3) is 0 Å². The van der Waals surface area contributed by atoms with Crippen LogP contribution in [0, 0.1) is 5.92 Å². The summed E-state index contributed by atoms with van der Waals surface area (Å²) in [6.07, 6.45) is 3.40. The Balaban J connectivity index is 1.69. The predicted octanol–water partition coefficient (Wildman–Crippen LogP) is 2.73. The van der Waals surface area contributed by atoms with E-state index in [0.29, 0.717) is 17.5 Å². The van der Waals surface area contributed by atoms with Gasteiger partial charge in [-0.1, -0.05) is 32.4 Å². The molecule has 0 aliphatic carbocycles. The molecule has 6 heteroatoms. The van der Waals surface area contributed by atoms with Crippen molar-refractivity contribution in [2.75, 3.05) is 18.0 Å². The molecule has 122 valence electrons. The molecule has 1 saturated heterocycles. The van der Waals surface area contributed by atoms with Crippen LogP contribution in [-0.4, -0.2) is 27.9 Å². The van der Waals surface area contributed by atoms with E-state index in [4.69, 9.17) is 11.6 Å². The Morgan fingerprint density at radius 1 is 1.26 bits per heavy atom. The van der Waals surface area contributed by atoms with E-state index in [2.05, 4.69) is 35.8 Å². The minimum absolute atomic E-state index is 0.0432. The Hall–Kier alpha value is -1.88. The summed E-state index contributed by atoms with van der Waals surface area (Å²) in [7, 11) is 0. The number of hydrogen-bond acceptors (Lipinski definition) is 4. The summed E-state index contributed by atoms with van der Waals surface area (Å²) in [6, 6.07) is 5.36. The molecule has 1 aliphatic rings. The summed E-state index contributed by atoms with van der Waals surface area (Å²) in [4.78, 5) is 18.2. The van der Waals surface area contributed by atoms with Crippen LogP contribution in [0.1, 0.15) is 26.5 Å². The van der Waals surface area contributed by atoms with Crippen LogP contribution in [-0.2, 0) is 12.0 Å². The van der Waals surface area contributed by atoms with Crippen molar-refractivity contribution in [2.45, 2.75) is 32.7 Å². The molecule has 1 fully saturated rings. The summed E-state index contributed by atoms with van der Waals surface area (Å²) in [6.45, 7) is 8.68. The second-order valence-corrected chi connectivity index (χ2v) is 7.49. The van der Waals surface area contributed by atoms with E-state index < -0.39 is 0 Å². The molecule has 23 heavy (non-hydrogen) atoms. The molecule has 0 aromatic carbocycles. The summed E-state index contributed by atoms with van der Waals surface area (Å²) >= 11 is 6.16. The standard InChI is InChI=1S/C17H21ClN4O/c1-17(2,3)15-4-5-16(23)22(20-15)11-12-9-21(10-12)14-6-7-19-8-13(14)18/h4-8,12H,9-11H2,1-3H3. The van der Waals surface area contributed by atoms with Gasteiger partial charge in [0.25, 0.3) is 5.56 Å². The fourth-order valence-corrected chi connectivity index (χ4v) is 2.97. The van der Waals surface area contributed by atoms with Crippen LogP contribution in [0.15, 0.2) is 35.4 Å². The third-order valence-corrected chi connectivity index (χ3v) is 4.41. The van der Waals surface area contributed by atoms with Gasteiger partial charge in [0, 0.05) is 42.9 Å². The largest absolute Gasteiger partial charge is 0.369 e. The van der Waals surface area contributed by atoms with Crippen molar-refractivity contribution in [3.05, 3.63) is 51.7 Å². The highest BCUT2D eigenvalue weighted by atomic mass is 35.5. The second kappa shape index (κ2) is 5.96.